The quantitative estimate of drug-likeness (QED) is 0.482. The predicted molar refractivity (Wildman–Crippen MR) is 109 cm³/mol. The lowest BCUT2D eigenvalue weighted by Gasteiger charge is -2.30. The van der Waals surface area contributed by atoms with Crippen LogP contribution in [0.2, 0.25) is 0 Å². The van der Waals surface area contributed by atoms with Gasteiger partial charge in [-0.25, -0.2) is 0 Å². The summed E-state index contributed by atoms with van der Waals surface area (Å²) in [6, 6.07) is 9.78. The number of hydrogen-bond donors (Lipinski definition) is 0. The number of carbonyl (C=O) groups excluding carboxylic acids is 3. The normalized spacial score (nSPS) is 13.1. The highest BCUT2D eigenvalue weighted by Gasteiger charge is 2.40. The molecule has 1 aromatic carbocycles. The maximum absolute atomic E-state index is 12.9. The molecule has 0 aliphatic rings. The third-order valence-corrected chi connectivity index (χ3v) is 3.99. The van der Waals surface area contributed by atoms with Crippen LogP contribution >= 0.6 is 0 Å². The van der Waals surface area contributed by atoms with E-state index in [2.05, 4.69) is 0 Å². The van der Waals surface area contributed by atoms with E-state index in [1.807, 2.05) is 30.3 Å². The van der Waals surface area contributed by atoms with Gasteiger partial charge in [-0.2, -0.15) is 0 Å². The van der Waals surface area contributed by atoms with Gasteiger partial charge in [0.15, 0.2) is 5.92 Å². The number of rotatable bonds is 8. The van der Waals surface area contributed by atoms with Gasteiger partial charge in [-0.15, -0.1) is 0 Å². The van der Waals surface area contributed by atoms with Gasteiger partial charge in [-0.1, -0.05) is 30.3 Å². The Morgan fingerprint density at radius 2 is 1.32 bits per heavy atom. The molecule has 0 radical (unpaired) electrons. The van der Waals surface area contributed by atoms with E-state index < -0.39 is 35.0 Å². The first-order valence-electron chi connectivity index (χ1n) is 9.77. The van der Waals surface area contributed by atoms with Crippen LogP contribution in [0.4, 0.5) is 0 Å². The molecule has 1 atom stereocenters. The molecule has 1 aromatic rings. The van der Waals surface area contributed by atoms with E-state index in [0.29, 0.717) is 12.8 Å². The lowest BCUT2D eigenvalue weighted by atomic mass is 9.83. The fraction of sp³-hybridized carbons (Fsp3) is 0.609. The van der Waals surface area contributed by atoms with Gasteiger partial charge in [-0.05, 0) is 72.8 Å². The topological polar surface area (TPSA) is 69.7 Å². The van der Waals surface area contributed by atoms with Gasteiger partial charge >= 0.3 is 11.9 Å². The Bertz CT molecular complexity index is 636. The second kappa shape index (κ2) is 9.85. The van der Waals surface area contributed by atoms with Crippen molar-refractivity contribution in [1.29, 1.82) is 0 Å². The van der Waals surface area contributed by atoms with E-state index in [4.69, 9.17) is 9.47 Å². The van der Waals surface area contributed by atoms with Crippen LogP contribution in [-0.2, 0) is 30.3 Å². The molecule has 0 unspecified atom stereocenters. The monoisotopic (exact) mass is 390 g/mol. The van der Waals surface area contributed by atoms with Gasteiger partial charge in [0.1, 0.15) is 17.0 Å². The minimum atomic E-state index is -1.13. The Kier molecular flexibility index (Phi) is 8.40. The lowest BCUT2D eigenvalue weighted by Crippen LogP contribution is -2.41. The molecule has 28 heavy (non-hydrogen) atoms. The molecular formula is C23H34O5. The van der Waals surface area contributed by atoms with Crippen molar-refractivity contribution in [3.8, 4) is 0 Å². The van der Waals surface area contributed by atoms with Crippen molar-refractivity contribution in [3.63, 3.8) is 0 Å². The molecule has 0 saturated heterocycles. The smallest absolute Gasteiger partial charge is 0.321 e. The van der Waals surface area contributed by atoms with Gasteiger partial charge < -0.3 is 14.3 Å². The Balaban J connectivity index is 3.14. The molecule has 0 fully saturated rings. The van der Waals surface area contributed by atoms with Crippen LogP contribution in [0.1, 0.15) is 66.9 Å². The molecule has 0 amide bonds. The summed E-state index contributed by atoms with van der Waals surface area (Å²) >= 11 is 0. The fourth-order valence-corrected chi connectivity index (χ4v) is 2.96. The second-order valence-electron chi connectivity index (χ2n) is 9.24. The molecular weight excluding hydrogens is 356 g/mol. The number of ether oxygens (including phenoxy) is 2. The van der Waals surface area contributed by atoms with Crippen LogP contribution in [0, 0.1) is 11.8 Å². The Morgan fingerprint density at radius 3 is 1.71 bits per heavy atom. The van der Waals surface area contributed by atoms with E-state index in [0.717, 1.165) is 5.56 Å². The standard InChI is InChI=1S/C23H34O5/c1-16(24)15-18(14-13-17-11-9-8-10-12-17)19(20(25)27-22(2,3)4)21(26)28-23(5,6)7/h8-12,18-19H,13-15H2,1-7H3/t18-/m0/s1. The molecule has 0 aromatic heterocycles. The largest absolute Gasteiger partial charge is 0.459 e. The summed E-state index contributed by atoms with van der Waals surface area (Å²) in [5.74, 6) is -2.97. The van der Waals surface area contributed by atoms with Crippen LogP contribution in [0.25, 0.3) is 0 Å². The third kappa shape index (κ3) is 9.16. The second-order valence-corrected chi connectivity index (χ2v) is 9.24. The van der Waals surface area contributed by atoms with E-state index in [9.17, 15) is 14.4 Å². The molecule has 156 valence electrons. The first-order valence-corrected chi connectivity index (χ1v) is 9.77. The van der Waals surface area contributed by atoms with E-state index in [1.54, 1.807) is 41.5 Å². The zero-order valence-corrected chi connectivity index (χ0v) is 18.2. The minimum Gasteiger partial charge on any atom is -0.459 e. The third-order valence-electron chi connectivity index (χ3n) is 3.99. The van der Waals surface area contributed by atoms with Gasteiger partial charge in [0.25, 0.3) is 0 Å². The average Bonchev–Trinajstić information content (AvgIpc) is 2.49. The van der Waals surface area contributed by atoms with Crippen molar-refractivity contribution in [2.24, 2.45) is 11.8 Å². The number of benzene rings is 1. The van der Waals surface area contributed by atoms with Crippen molar-refractivity contribution in [1.82, 2.24) is 0 Å². The van der Waals surface area contributed by atoms with E-state index >= 15 is 0 Å². The molecule has 0 saturated carbocycles. The Hall–Kier alpha value is -2.17. The van der Waals surface area contributed by atoms with Crippen LogP contribution < -0.4 is 0 Å². The van der Waals surface area contributed by atoms with Crippen molar-refractivity contribution in [2.75, 3.05) is 0 Å². The fourth-order valence-electron chi connectivity index (χ4n) is 2.96. The molecule has 1 rings (SSSR count). The summed E-state index contributed by atoms with van der Waals surface area (Å²) in [4.78, 5) is 37.7. The first kappa shape index (κ1) is 23.9. The summed E-state index contributed by atoms with van der Waals surface area (Å²) in [5, 5.41) is 0. The lowest BCUT2D eigenvalue weighted by molar-refractivity contribution is -0.177. The number of hydrogen-bond acceptors (Lipinski definition) is 5. The minimum absolute atomic E-state index is 0.0739. The maximum atomic E-state index is 12.9. The van der Waals surface area contributed by atoms with Gasteiger partial charge in [0.2, 0.25) is 0 Å². The summed E-state index contributed by atoms with van der Waals surface area (Å²) in [7, 11) is 0. The SMILES string of the molecule is CC(=O)C[C@H](CCc1ccccc1)C(C(=O)OC(C)(C)C)C(=O)OC(C)(C)C. The highest BCUT2D eigenvalue weighted by Crippen LogP contribution is 2.28. The number of aryl methyl sites for hydroxylation is 1. The Labute approximate surface area is 168 Å². The molecule has 0 spiro atoms. The average molecular weight is 391 g/mol. The van der Waals surface area contributed by atoms with Crippen molar-refractivity contribution >= 4 is 17.7 Å². The van der Waals surface area contributed by atoms with Crippen LogP contribution in [0.3, 0.4) is 0 Å². The molecule has 0 bridgehead atoms. The van der Waals surface area contributed by atoms with Gasteiger partial charge in [-0.3, -0.25) is 9.59 Å². The molecule has 0 N–H and O–H groups in total. The molecule has 5 heteroatoms. The number of esters is 2. The summed E-state index contributed by atoms with van der Waals surface area (Å²) < 4.78 is 11.0. The summed E-state index contributed by atoms with van der Waals surface area (Å²) in [6.07, 6.45) is 1.28. The zero-order valence-electron chi connectivity index (χ0n) is 18.2. The summed E-state index contributed by atoms with van der Waals surface area (Å²) in [5.41, 5.74) is -0.391. The van der Waals surface area contributed by atoms with Crippen LogP contribution in [0.15, 0.2) is 30.3 Å². The van der Waals surface area contributed by atoms with Crippen molar-refractivity contribution in [2.45, 2.75) is 78.9 Å². The maximum Gasteiger partial charge on any atom is 0.321 e. The first-order chi connectivity index (χ1) is 12.8. The number of ketones is 1. The van der Waals surface area contributed by atoms with Gasteiger partial charge in [0.05, 0.1) is 0 Å². The van der Waals surface area contributed by atoms with E-state index in [1.165, 1.54) is 6.92 Å². The number of Topliss-reactive ketones (excluding diaryl/α,β-unsaturated/α-hetero) is 1. The van der Waals surface area contributed by atoms with E-state index in [-0.39, 0.29) is 12.2 Å². The molecule has 0 aliphatic carbocycles. The molecule has 5 nitrogen and oxygen atoms in total. The van der Waals surface area contributed by atoms with Crippen LogP contribution in [-0.4, -0.2) is 28.9 Å². The zero-order chi connectivity index (χ0) is 21.5. The highest BCUT2D eigenvalue weighted by molar-refractivity contribution is 5.96. The highest BCUT2D eigenvalue weighted by atomic mass is 16.6. The van der Waals surface area contributed by atoms with Crippen molar-refractivity contribution in [3.05, 3.63) is 35.9 Å². The number of carbonyl (C=O) groups is 3. The molecule has 0 heterocycles. The van der Waals surface area contributed by atoms with Crippen molar-refractivity contribution < 1.29 is 23.9 Å². The predicted octanol–water partition coefficient (Wildman–Crippen LogP) is 4.51. The Morgan fingerprint density at radius 1 is 0.857 bits per heavy atom. The van der Waals surface area contributed by atoms with Gasteiger partial charge in [0, 0.05) is 6.42 Å². The summed E-state index contributed by atoms with van der Waals surface area (Å²) in [6.45, 7) is 12.0. The van der Waals surface area contributed by atoms with Crippen LogP contribution in [0.5, 0.6) is 0 Å². The molecule has 0 aliphatic heterocycles.